The van der Waals surface area contributed by atoms with Crippen LogP contribution in [0.4, 0.5) is 14.5 Å². The number of unbranched alkanes of at least 4 members (excludes halogenated alkanes) is 2. The summed E-state index contributed by atoms with van der Waals surface area (Å²) in [4.78, 5) is 63.8. The van der Waals surface area contributed by atoms with Crippen molar-refractivity contribution in [2.24, 2.45) is 11.7 Å². The molecule has 3 heterocycles. The Kier molecular flexibility index (Phi) is 12.6. The average molecular weight is 713 g/mol. The lowest BCUT2D eigenvalue weighted by molar-refractivity contribution is -0.239. The Morgan fingerprint density at radius 3 is 2.44 bits per heavy atom. The summed E-state index contributed by atoms with van der Waals surface area (Å²) in [7, 11) is 0. The van der Waals surface area contributed by atoms with E-state index in [0.29, 0.717) is 17.1 Å². The van der Waals surface area contributed by atoms with E-state index in [1.807, 2.05) is 6.92 Å². The minimum atomic E-state index is -2.00. The summed E-state index contributed by atoms with van der Waals surface area (Å²) in [6, 6.07) is 3.40. The lowest BCUT2D eigenvalue weighted by Crippen LogP contribution is -2.52. The van der Waals surface area contributed by atoms with E-state index in [-0.39, 0.29) is 12.1 Å². The molecule has 2 aliphatic rings. The van der Waals surface area contributed by atoms with Crippen LogP contribution in [-0.4, -0.2) is 90.8 Å². The second-order valence-electron chi connectivity index (χ2n) is 11.6. The van der Waals surface area contributed by atoms with Crippen molar-refractivity contribution in [3.63, 3.8) is 0 Å². The summed E-state index contributed by atoms with van der Waals surface area (Å²) >= 11 is 0. The van der Waals surface area contributed by atoms with Gasteiger partial charge >= 0.3 is 11.7 Å². The van der Waals surface area contributed by atoms with E-state index in [4.69, 9.17) is 24.7 Å². The van der Waals surface area contributed by atoms with Gasteiger partial charge in [-0.15, -0.1) is 0 Å². The third kappa shape index (κ3) is 8.42. The van der Waals surface area contributed by atoms with Crippen LogP contribution in [0, 0.1) is 17.6 Å². The van der Waals surface area contributed by atoms with Gasteiger partial charge in [-0.1, -0.05) is 19.8 Å². The molecule has 274 valence electrons. The summed E-state index contributed by atoms with van der Waals surface area (Å²) in [5.41, 5.74) is 3.43. The number of aliphatic hydroxyl groups excluding tert-OH is 4. The number of carbonyl (C=O) groups excluding carboxylic acids is 3. The van der Waals surface area contributed by atoms with E-state index in [2.05, 4.69) is 5.32 Å². The molecule has 1 fully saturated rings. The molecule has 0 radical (unpaired) electrons. The molecule has 1 aromatic heterocycles. The molecule has 7 N–H and O–H groups in total. The van der Waals surface area contributed by atoms with Crippen molar-refractivity contribution in [2.75, 3.05) is 11.9 Å². The number of aliphatic hydroxyl groups is 4. The Bertz CT molecular complexity index is 1720. The number of rotatable bonds is 14. The maximum Gasteiger partial charge on any atom is 0.336 e. The fourth-order valence-electron chi connectivity index (χ4n) is 5.45. The van der Waals surface area contributed by atoms with Gasteiger partial charge in [-0.05, 0) is 31.6 Å². The van der Waals surface area contributed by atoms with E-state index in [1.54, 1.807) is 0 Å². The van der Waals surface area contributed by atoms with Gasteiger partial charge in [0.25, 0.3) is 11.5 Å². The van der Waals surface area contributed by atoms with Crippen LogP contribution in [-0.2, 0) is 33.3 Å². The summed E-state index contributed by atoms with van der Waals surface area (Å²) in [6.07, 6.45) is -10.2. The summed E-state index contributed by atoms with van der Waals surface area (Å²) in [5, 5.41) is 44.4. The van der Waals surface area contributed by atoms with Crippen LogP contribution in [0.25, 0.3) is 0 Å². The SMILES string of the molecule is CCCCCC(=O)OC(C)n1c(=O)ccn([C@@H]2O[C@H]([C@@H](O[C@H]3OC(C(=O)Nc4ccc(F)c(F)c4)=C[C@H](O)[C@@H]3O)C(N)=O)[C@@H](CO)[C@H]2O)c1=O. The Morgan fingerprint density at radius 2 is 1.80 bits per heavy atom. The molecule has 1 saturated heterocycles. The number of nitrogens with two attached hydrogens (primary N) is 1. The Balaban J connectivity index is 1.55. The van der Waals surface area contributed by atoms with Crippen molar-refractivity contribution in [1.29, 1.82) is 0 Å². The Hall–Kier alpha value is -4.53. The molecule has 19 heteroatoms. The van der Waals surface area contributed by atoms with E-state index < -0.39 is 108 Å². The molecular formula is C31H38F2N4O13. The average Bonchev–Trinajstić information content (AvgIpc) is 3.38. The predicted octanol–water partition coefficient (Wildman–Crippen LogP) is -0.732. The number of ether oxygens (including phenoxy) is 4. The number of primary amides is 1. The normalized spacial score (nSPS) is 26.0. The van der Waals surface area contributed by atoms with Gasteiger partial charge in [0.05, 0.1) is 6.61 Å². The number of hydrogen-bond donors (Lipinski definition) is 6. The van der Waals surface area contributed by atoms with Crippen molar-refractivity contribution in [2.45, 2.75) is 88.8 Å². The topological polar surface area (TPSA) is 251 Å². The first-order valence-corrected chi connectivity index (χ1v) is 15.6. The lowest BCUT2D eigenvalue weighted by atomic mass is 9.94. The molecule has 2 aromatic rings. The summed E-state index contributed by atoms with van der Waals surface area (Å²) < 4.78 is 50.3. The smallest absolute Gasteiger partial charge is 0.336 e. The largest absolute Gasteiger partial charge is 0.456 e. The first-order valence-electron chi connectivity index (χ1n) is 15.6. The minimum absolute atomic E-state index is 0.0550. The first-order chi connectivity index (χ1) is 23.7. The van der Waals surface area contributed by atoms with Gasteiger partial charge < -0.3 is 50.4 Å². The fraction of sp³-hybridized carbons (Fsp3) is 0.516. The highest BCUT2D eigenvalue weighted by atomic mass is 19.2. The van der Waals surface area contributed by atoms with Crippen LogP contribution in [0.15, 0.2) is 51.9 Å². The summed E-state index contributed by atoms with van der Waals surface area (Å²) in [5.74, 6) is -7.53. The molecule has 2 aliphatic heterocycles. The zero-order valence-electron chi connectivity index (χ0n) is 26.9. The number of carbonyl (C=O) groups is 3. The van der Waals surface area contributed by atoms with E-state index in [9.17, 15) is 53.2 Å². The lowest BCUT2D eigenvalue weighted by Gasteiger charge is -2.35. The van der Waals surface area contributed by atoms with Gasteiger partial charge in [0.2, 0.25) is 12.2 Å². The maximum atomic E-state index is 13.6. The third-order valence-electron chi connectivity index (χ3n) is 8.08. The van der Waals surface area contributed by atoms with Gasteiger partial charge in [-0.25, -0.2) is 18.1 Å². The van der Waals surface area contributed by atoms with Crippen LogP contribution < -0.4 is 22.3 Å². The molecule has 0 aliphatic carbocycles. The number of aromatic nitrogens is 2. The zero-order chi connectivity index (χ0) is 36.9. The van der Waals surface area contributed by atoms with Crippen molar-refractivity contribution >= 4 is 23.5 Å². The predicted molar refractivity (Wildman–Crippen MR) is 164 cm³/mol. The van der Waals surface area contributed by atoms with Crippen molar-refractivity contribution in [3.8, 4) is 0 Å². The zero-order valence-corrected chi connectivity index (χ0v) is 26.9. The number of hydrogen-bond acceptors (Lipinski definition) is 13. The van der Waals surface area contributed by atoms with Gasteiger partial charge in [0, 0.05) is 36.4 Å². The molecule has 1 aromatic carbocycles. The molecule has 2 amide bonds. The summed E-state index contributed by atoms with van der Waals surface area (Å²) in [6.45, 7) is 2.37. The van der Waals surface area contributed by atoms with E-state index in [1.165, 1.54) is 6.92 Å². The van der Waals surface area contributed by atoms with Crippen molar-refractivity contribution in [1.82, 2.24) is 9.13 Å². The highest BCUT2D eigenvalue weighted by Crippen LogP contribution is 2.37. The number of nitrogens with one attached hydrogen (secondary N) is 1. The second kappa shape index (κ2) is 16.5. The molecule has 0 bridgehead atoms. The molecule has 17 nitrogen and oxygen atoms in total. The molecule has 1 unspecified atom stereocenters. The van der Waals surface area contributed by atoms with Crippen LogP contribution in [0.2, 0.25) is 0 Å². The maximum absolute atomic E-state index is 13.6. The number of halogens is 2. The van der Waals surface area contributed by atoms with Gasteiger partial charge in [0.1, 0.15) is 24.4 Å². The van der Waals surface area contributed by atoms with E-state index in [0.717, 1.165) is 47.9 Å². The third-order valence-corrected chi connectivity index (χ3v) is 8.08. The van der Waals surface area contributed by atoms with Crippen molar-refractivity contribution < 1.29 is 62.5 Å². The molecule has 9 atom stereocenters. The van der Waals surface area contributed by atoms with Crippen LogP contribution in [0.1, 0.15) is 52.0 Å². The second-order valence-corrected chi connectivity index (χ2v) is 11.6. The molecule has 50 heavy (non-hydrogen) atoms. The fourth-order valence-corrected chi connectivity index (χ4v) is 5.45. The number of esters is 1. The molecule has 0 saturated carbocycles. The monoisotopic (exact) mass is 712 g/mol. The van der Waals surface area contributed by atoms with E-state index >= 15 is 0 Å². The van der Waals surface area contributed by atoms with Gasteiger partial charge in [0.15, 0.2) is 36.0 Å². The highest BCUT2D eigenvalue weighted by Gasteiger charge is 2.52. The molecule has 0 spiro atoms. The highest BCUT2D eigenvalue weighted by molar-refractivity contribution is 6.02. The minimum Gasteiger partial charge on any atom is -0.456 e. The van der Waals surface area contributed by atoms with Crippen molar-refractivity contribution in [3.05, 3.63) is 74.8 Å². The standard InChI is InChI=1S/C31H38F2N4O13/c1-3-4-5-6-22(41)47-14(2)37-21(40)9-10-36(31(37)46)29-23(42)16(13-38)25(49-29)26(27(34)44)50-30-24(43)19(39)12-20(48-30)28(45)35-15-7-8-17(32)18(33)11-15/h7-12,14,16,19,23-26,29-30,38-39,42-43H,3-6,13H2,1-2H3,(H2,34,44)(H,35,45)/t14?,16-,19-,23+,24-,25-,26+,29+,30+/m0/s1. The number of nitrogens with zero attached hydrogens (tertiary/aromatic N) is 2. The first kappa shape index (κ1) is 38.3. The van der Waals surface area contributed by atoms with Gasteiger partial charge in [-0.2, -0.15) is 0 Å². The molecule has 4 rings (SSSR count). The number of anilines is 1. The number of benzene rings is 1. The Morgan fingerprint density at radius 1 is 1.08 bits per heavy atom. The Labute approximate surface area is 282 Å². The van der Waals surface area contributed by atoms with Crippen LogP contribution in [0.5, 0.6) is 0 Å². The van der Waals surface area contributed by atoms with Gasteiger partial charge in [-0.3, -0.25) is 23.7 Å². The quantitative estimate of drug-likeness (QED) is 0.105. The van der Waals surface area contributed by atoms with Crippen LogP contribution >= 0.6 is 0 Å². The molecular weight excluding hydrogens is 674 g/mol. The number of amides is 2. The van der Waals surface area contributed by atoms with Crippen LogP contribution in [0.3, 0.4) is 0 Å².